The number of amides is 1. The van der Waals surface area contributed by atoms with E-state index in [1.54, 1.807) is 0 Å². The number of anilines is 1. The maximum atomic E-state index is 12.7. The number of nitrogens with one attached hydrogen (secondary N) is 1. The van der Waals surface area contributed by atoms with Gasteiger partial charge in [0.1, 0.15) is 5.56 Å². The summed E-state index contributed by atoms with van der Waals surface area (Å²) in [6.07, 6.45) is 0. The molecule has 0 atom stereocenters. The van der Waals surface area contributed by atoms with E-state index < -0.39 is 58.6 Å². The summed E-state index contributed by atoms with van der Waals surface area (Å²) >= 11 is 5.75. The molecule has 29 heavy (non-hydrogen) atoms. The molecule has 0 aliphatic carbocycles. The van der Waals surface area contributed by atoms with Gasteiger partial charge >= 0.3 is 5.51 Å². The molecule has 0 aliphatic rings. The number of nitro benzene ring substituents is 2. The highest BCUT2D eigenvalue weighted by molar-refractivity contribution is 7.92. The number of halogens is 4. The molecule has 0 aliphatic heterocycles. The van der Waals surface area contributed by atoms with Gasteiger partial charge in [-0.3, -0.25) is 25.0 Å². The standard InChI is InChI=1S/C14H7ClF3N3O7S/c15-10-4-2-8(29(27,28)14(16,17)18)6-11(10)19-13(22)9-3-1-7(20(23)24)5-12(9)21(25)26/h1-6H,(H,19,22). The molecule has 0 saturated heterocycles. The van der Waals surface area contributed by atoms with Crippen LogP contribution < -0.4 is 5.32 Å². The van der Waals surface area contributed by atoms with Gasteiger partial charge in [-0.1, -0.05) is 11.6 Å². The summed E-state index contributed by atoms with van der Waals surface area (Å²) in [5.74, 6) is -1.25. The predicted octanol–water partition coefficient (Wildman–Crippen LogP) is 3.70. The summed E-state index contributed by atoms with van der Waals surface area (Å²) in [5.41, 5.74) is -8.48. The minimum Gasteiger partial charge on any atom is -0.320 e. The minimum atomic E-state index is -5.75. The molecule has 0 fully saturated rings. The van der Waals surface area contributed by atoms with Gasteiger partial charge in [-0.2, -0.15) is 13.2 Å². The molecule has 2 aromatic carbocycles. The number of sulfone groups is 1. The number of benzene rings is 2. The summed E-state index contributed by atoms with van der Waals surface area (Å²) in [5, 5.41) is 23.4. The van der Waals surface area contributed by atoms with Gasteiger partial charge in [0.05, 0.1) is 31.5 Å². The van der Waals surface area contributed by atoms with E-state index in [9.17, 15) is 46.6 Å². The van der Waals surface area contributed by atoms with E-state index in [0.717, 1.165) is 18.2 Å². The summed E-state index contributed by atoms with van der Waals surface area (Å²) in [4.78, 5) is 30.9. The smallest absolute Gasteiger partial charge is 0.320 e. The Morgan fingerprint density at radius 3 is 2.17 bits per heavy atom. The second-order valence-corrected chi connectivity index (χ2v) is 7.61. The number of carbonyl (C=O) groups excluding carboxylic acids is 1. The van der Waals surface area contributed by atoms with Crippen molar-refractivity contribution in [2.75, 3.05) is 5.32 Å². The second-order valence-electron chi connectivity index (χ2n) is 5.26. The third kappa shape index (κ3) is 4.43. The quantitative estimate of drug-likeness (QED) is 0.535. The Morgan fingerprint density at radius 1 is 1.03 bits per heavy atom. The molecule has 0 radical (unpaired) electrons. The monoisotopic (exact) mass is 453 g/mol. The summed E-state index contributed by atoms with van der Waals surface area (Å²) in [6, 6.07) is 3.85. The normalized spacial score (nSPS) is 11.7. The zero-order chi connectivity index (χ0) is 22.1. The lowest BCUT2D eigenvalue weighted by molar-refractivity contribution is -0.394. The van der Waals surface area contributed by atoms with Crippen LogP contribution in [0, 0.1) is 20.2 Å². The van der Waals surface area contributed by atoms with Crippen molar-refractivity contribution in [1.82, 2.24) is 0 Å². The fourth-order valence-corrected chi connectivity index (χ4v) is 3.02. The number of nitrogens with zero attached hydrogens (tertiary/aromatic N) is 2. The van der Waals surface area contributed by atoms with Crippen molar-refractivity contribution in [3.05, 3.63) is 67.2 Å². The highest BCUT2D eigenvalue weighted by Gasteiger charge is 2.47. The summed E-state index contributed by atoms with van der Waals surface area (Å²) < 4.78 is 61.0. The number of hydrogen-bond acceptors (Lipinski definition) is 7. The van der Waals surface area contributed by atoms with Crippen LogP contribution in [0.1, 0.15) is 10.4 Å². The molecular formula is C14H7ClF3N3O7S. The van der Waals surface area contributed by atoms with Gasteiger partial charge in [0.25, 0.3) is 27.1 Å². The maximum Gasteiger partial charge on any atom is 0.501 e. The number of carbonyl (C=O) groups is 1. The van der Waals surface area contributed by atoms with E-state index in [1.165, 1.54) is 0 Å². The molecular weight excluding hydrogens is 447 g/mol. The van der Waals surface area contributed by atoms with Crippen LogP contribution in [0.25, 0.3) is 0 Å². The molecule has 0 unspecified atom stereocenters. The van der Waals surface area contributed by atoms with Crippen molar-refractivity contribution >= 4 is 44.4 Å². The van der Waals surface area contributed by atoms with Crippen LogP contribution in [0.15, 0.2) is 41.3 Å². The number of rotatable bonds is 5. The number of alkyl halides is 3. The first-order valence-electron chi connectivity index (χ1n) is 7.11. The van der Waals surface area contributed by atoms with Crippen LogP contribution in [-0.2, 0) is 9.84 Å². The van der Waals surface area contributed by atoms with E-state index in [0.29, 0.717) is 18.2 Å². The van der Waals surface area contributed by atoms with Crippen LogP contribution in [0.3, 0.4) is 0 Å². The number of non-ortho nitro benzene ring substituents is 1. The van der Waals surface area contributed by atoms with Crippen LogP contribution in [0.5, 0.6) is 0 Å². The fourth-order valence-electron chi connectivity index (χ4n) is 2.07. The molecule has 154 valence electrons. The Balaban J connectivity index is 2.48. The van der Waals surface area contributed by atoms with Gasteiger partial charge in [0.15, 0.2) is 0 Å². The van der Waals surface area contributed by atoms with Crippen LogP contribution in [-0.4, -0.2) is 29.7 Å². The van der Waals surface area contributed by atoms with Crippen molar-refractivity contribution in [1.29, 1.82) is 0 Å². The molecule has 0 aromatic heterocycles. The van der Waals surface area contributed by atoms with Crippen LogP contribution in [0.2, 0.25) is 5.02 Å². The van der Waals surface area contributed by atoms with Crippen molar-refractivity contribution in [3.63, 3.8) is 0 Å². The van der Waals surface area contributed by atoms with E-state index in [4.69, 9.17) is 11.6 Å². The average Bonchev–Trinajstić information content (AvgIpc) is 2.61. The Kier molecular flexibility index (Phi) is 5.80. The van der Waals surface area contributed by atoms with E-state index in [-0.39, 0.29) is 5.02 Å². The summed E-state index contributed by atoms with van der Waals surface area (Å²) in [6.45, 7) is 0. The SMILES string of the molecule is O=C(Nc1cc(S(=O)(=O)C(F)(F)F)ccc1Cl)c1ccc([N+](=O)[O-])cc1[N+](=O)[O-]. The third-order valence-corrected chi connectivity index (χ3v) is 5.25. The van der Waals surface area contributed by atoms with Gasteiger partial charge < -0.3 is 5.32 Å². The lowest BCUT2D eigenvalue weighted by Crippen LogP contribution is -2.23. The third-order valence-electron chi connectivity index (χ3n) is 3.43. The van der Waals surface area contributed by atoms with Gasteiger partial charge in [0.2, 0.25) is 0 Å². The van der Waals surface area contributed by atoms with Crippen molar-refractivity contribution in [3.8, 4) is 0 Å². The highest BCUT2D eigenvalue weighted by Crippen LogP contribution is 2.34. The lowest BCUT2D eigenvalue weighted by Gasteiger charge is -2.12. The predicted molar refractivity (Wildman–Crippen MR) is 92.4 cm³/mol. The van der Waals surface area contributed by atoms with E-state index >= 15 is 0 Å². The molecule has 0 bridgehead atoms. The Morgan fingerprint density at radius 2 is 1.66 bits per heavy atom. The van der Waals surface area contributed by atoms with Gasteiger partial charge in [-0.15, -0.1) is 0 Å². The van der Waals surface area contributed by atoms with Crippen molar-refractivity contribution in [2.24, 2.45) is 0 Å². The van der Waals surface area contributed by atoms with Crippen molar-refractivity contribution in [2.45, 2.75) is 10.4 Å². The first-order valence-corrected chi connectivity index (χ1v) is 8.97. The zero-order valence-electron chi connectivity index (χ0n) is 13.6. The molecule has 1 amide bonds. The number of nitro groups is 2. The Bertz CT molecular complexity index is 1140. The first-order chi connectivity index (χ1) is 13.3. The molecule has 15 heteroatoms. The molecule has 0 heterocycles. The average molecular weight is 454 g/mol. The minimum absolute atomic E-state index is 0.357. The lowest BCUT2D eigenvalue weighted by atomic mass is 10.1. The van der Waals surface area contributed by atoms with Gasteiger partial charge in [0, 0.05) is 6.07 Å². The molecule has 0 spiro atoms. The highest BCUT2D eigenvalue weighted by atomic mass is 35.5. The maximum absolute atomic E-state index is 12.7. The molecule has 2 aromatic rings. The first kappa shape index (κ1) is 22.0. The van der Waals surface area contributed by atoms with E-state index in [2.05, 4.69) is 0 Å². The Hall–Kier alpha value is -3.26. The van der Waals surface area contributed by atoms with Crippen LogP contribution >= 0.6 is 11.6 Å². The molecule has 0 saturated carbocycles. The molecule has 2 rings (SSSR count). The molecule has 10 nitrogen and oxygen atoms in total. The zero-order valence-corrected chi connectivity index (χ0v) is 15.2. The largest absolute Gasteiger partial charge is 0.501 e. The number of hydrogen-bond donors (Lipinski definition) is 1. The summed E-state index contributed by atoms with van der Waals surface area (Å²) in [7, 11) is -5.75. The van der Waals surface area contributed by atoms with Gasteiger partial charge in [-0.25, -0.2) is 8.42 Å². The Labute approximate surface area is 164 Å². The van der Waals surface area contributed by atoms with Crippen LogP contribution in [0.4, 0.5) is 30.2 Å². The van der Waals surface area contributed by atoms with E-state index in [1.807, 2.05) is 5.32 Å². The topological polar surface area (TPSA) is 150 Å². The molecule has 1 N–H and O–H groups in total. The van der Waals surface area contributed by atoms with Crippen molar-refractivity contribution < 1.29 is 36.2 Å². The van der Waals surface area contributed by atoms with Gasteiger partial charge in [-0.05, 0) is 24.3 Å². The fraction of sp³-hybridized carbons (Fsp3) is 0.0714. The second kappa shape index (κ2) is 7.63.